The Labute approximate surface area is 127 Å². The number of hydrogen-bond acceptors (Lipinski definition) is 3. The van der Waals surface area contributed by atoms with E-state index in [9.17, 15) is 4.79 Å². The largest absolute Gasteiger partial charge is 0.338 e. The molecule has 0 saturated carbocycles. The molecule has 1 aromatic carbocycles. The van der Waals surface area contributed by atoms with E-state index < -0.39 is 0 Å². The molecule has 0 heterocycles. The van der Waals surface area contributed by atoms with Gasteiger partial charge >= 0.3 is 0 Å². The molecule has 0 saturated heterocycles. The zero-order chi connectivity index (χ0) is 15.9. The first kappa shape index (κ1) is 17.2. The van der Waals surface area contributed by atoms with Crippen molar-refractivity contribution in [2.75, 3.05) is 6.54 Å². The van der Waals surface area contributed by atoms with Gasteiger partial charge in [-0.05, 0) is 44.4 Å². The highest BCUT2D eigenvalue weighted by molar-refractivity contribution is 5.76. The second-order valence-corrected chi connectivity index (χ2v) is 6.11. The molecule has 0 atom stereocenters. The Bertz CT molecular complexity index is 494. The fourth-order valence-electron chi connectivity index (χ4n) is 2.05. The molecule has 0 aromatic heterocycles. The molecule has 21 heavy (non-hydrogen) atoms. The summed E-state index contributed by atoms with van der Waals surface area (Å²) in [6.07, 6.45) is 2.08. The van der Waals surface area contributed by atoms with Crippen molar-refractivity contribution in [3.05, 3.63) is 35.4 Å². The van der Waals surface area contributed by atoms with Gasteiger partial charge in [0.15, 0.2) is 0 Å². The molecule has 4 heteroatoms. The predicted molar refractivity (Wildman–Crippen MR) is 84.4 cm³/mol. The number of nitrogens with zero attached hydrogens (tertiary/aromatic N) is 2. The molecule has 1 rings (SSSR count). The molecule has 0 fully saturated rings. The van der Waals surface area contributed by atoms with Crippen molar-refractivity contribution in [3.63, 3.8) is 0 Å². The van der Waals surface area contributed by atoms with Crippen LogP contribution in [0, 0.1) is 11.3 Å². The van der Waals surface area contributed by atoms with Crippen molar-refractivity contribution in [1.82, 2.24) is 4.90 Å². The summed E-state index contributed by atoms with van der Waals surface area (Å²) in [5, 5.41) is 8.80. The number of nitriles is 1. The van der Waals surface area contributed by atoms with E-state index in [2.05, 4.69) is 13.0 Å². The van der Waals surface area contributed by atoms with Gasteiger partial charge in [0.1, 0.15) is 0 Å². The lowest BCUT2D eigenvalue weighted by molar-refractivity contribution is -0.132. The molecule has 0 radical (unpaired) electrons. The van der Waals surface area contributed by atoms with E-state index in [1.165, 1.54) is 0 Å². The Hall–Kier alpha value is -1.86. The standard InChI is InChI=1S/C17H25N3O/c1-4-11-20(16(21)9-10-17(2,3)19)13-15-7-5-14(12-18)6-8-15/h5-8H,4,9-11,13,19H2,1-3H3. The van der Waals surface area contributed by atoms with Crippen LogP contribution in [-0.2, 0) is 11.3 Å². The highest BCUT2D eigenvalue weighted by Crippen LogP contribution is 2.13. The van der Waals surface area contributed by atoms with Gasteiger partial charge in [0, 0.05) is 25.0 Å². The van der Waals surface area contributed by atoms with Gasteiger partial charge in [0.2, 0.25) is 5.91 Å². The summed E-state index contributed by atoms with van der Waals surface area (Å²) >= 11 is 0. The average Bonchev–Trinajstić information content (AvgIpc) is 2.44. The molecular weight excluding hydrogens is 262 g/mol. The monoisotopic (exact) mass is 287 g/mol. The van der Waals surface area contributed by atoms with Crippen LogP contribution >= 0.6 is 0 Å². The maximum Gasteiger partial charge on any atom is 0.222 e. The summed E-state index contributed by atoms with van der Waals surface area (Å²) in [6, 6.07) is 9.48. The van der Waals surface area contributed by atoms with Crippen LogP contribution < -0.4 is 5.73 Å². The second kappa shape index (κ2) is 7.80. The fraction of sp³-hybridized carbons (Fsp3) is 0.529. The predicted octanol–water partition coefficient (Wildman–Crippen LogP) is 2.81. The van der Waals surface area contributed by atoms with E-state index in [-0.39, 0.29) is 11.4 Å². The van der Waals surface area contributed by atoms with Crippen molar-refractivity contribution < 1.29 is 4.79 Å². The third-order valence-electron chi connectivity index (χ3n) is 3.29. The van der Waals surface area contributed by atoms with E-state index in [1.54, 1.807) is 12.1 Å². The number of carbonyl (C=O) groups is 1. The quantitative estimate of drug-likeness (QED) is 0.838. The summed E-state index contributed by atoms with van der Waals surface area (Å²) in [5.41, 5.74) is 7.30. The van der Waals surface area contributed by atoms with Crippen molar-refractivity contribution in [2.45, 2.75) is 52.1 Å². The summed E-state index contributed by atoms with van der Waals surface area (Å²) in [7, 11) is 0. The smallest absolute Gasteiger partial charge is 0.222 e. The Morgan fingerprint density at radius 3 is 2.43 bits per heavy atom. The van der Waals surface area contributed by atoms with E-state index >= 15 is 0 Å². The van der Waals surface area contributed by atoms with E-state index in [0.29, 0.717) is 24.9 Å². The first-order valence-corrected chi connectivity index (χ1v) is 7.41. The van der Waals surface area contributed by atoms with Gasteiger partial charge in [-0.1, -0.05) is 19.1 Å². The van der Waals surface area contributed by atoms with Crippen molar-refractivity contribution in [1.29, 1.82) is 5.26 Å². The first-order chi connectivity index (χ1) is 9.85. The average molecular weight is 287 g/mol. The van der Waals surface area contributed by atoms with Crippen LogP contribution in [0.25, 0.3) is 0 Å². The van der Waals surface area contributed by atoms with E-state index in [1.807, 2.05) is 30.9 Å². The zero-order valence-electron chi connectivity index (χ0n) is 13.2. The highest BCUT2D eigenvalue weighted by atomic mass is 16.2. The minimum atomic E-state index is -0.317. The first-order valence-electron chi connectivity index (χ1n) is 7.41. The lowest BCUT2D eigenvalue weighted by atomic mass is 9.99. The number of benzene rings is 1. The molecule has 0 aliphatic heterocycles. The van der Waals surface area contributed by atoms with Gasteiger partial charge in [-0.15, -0.1) is 0 Å². The Morgan fingerprint density at radius 1 is 1.33 bits per heavy atom. The number of hydrogen-bond donors (Lipinski definition) is 1. The molecule has 2 N–H and O–H groups in total. The molecule has 0 bridgehead atoms. The number of nitrogens with two attached hydrogens (primary N) is 1. The second-order valence-electron chi connectivity index (χ2n) is 6.11. The van der Waals surface area contributed by atoms with Crippen LogP contribution in [0.1, 0.15) is 51.2 Å². The van der Waals surface area contributed by atoms with E-state index in [0.717, 1.165) is 18.5 Å². The third kappa shape index (κ3) is 6.42. The maximum atomic E-state index is 12.3. The number of rotatable bonds is 7. The molecule has 114 valence electrons. The van der Waals surface area contributed by atoms with Gasteiger partial charge in [-0.3, -0.25) is 4.79 Å². The van der Waals surface area contributed by atoms with Crippen LogP contribution in [0.3, 0.4) is 0 Å². The third-order valence-corrected chi connectivity index (χ3v) is 3.29. The van der Waals surface area contributed by atoms with Crippen molar-refractivity contribution >= 4 is 5.91 Å². The van der Waals surface area contributed by atoms with Gasteiger partial charge in [-0.2, -0.15) is 5.26 Å². The van der Waals surface area contributed by atoms with Crippen LogP contribution in [0.15, 0.2) is 24.3 Å². The zero-order valence-corrected chi connectivity index (χ0v) is 13.2. The Kier molecular flexibility index (Phi) is 6.39. The van der Waals surface area contributed by atoms with E-state index in [4.69, 9.17) is 11.0 Å². The summed E-state index contributed by atoms with van der Waals surface area (Å²) in [5.74, 6) is 0.139. The number of amides is 1. The minimum absolute atomic E-state index is 0.139. The molecule has 0 aliphatic rings. The molecule has 0 aliphatic carbocycles. The van der Waals surface area contributed by atoms with Gasteiger partial charge in [-0.25, -0.2) is 0 Å². The molecule has 0 spiro atoms. The maximum absolute atomic E-state index is 12.3. The summed E-state index contributed by atoms with van der Waals surface area (Å²) < 4.78 is 0. The van der Waals surface area contributed by atoms with Crippen molar-refractivity contribution in [2.24, 2.45) is 5.73 Å². The van der Waals surface area contributed by atoms with Gasteiger partial charge < -0.3 is 10.6 Å². The molecule has 1 aromatic rings. The van der Waals surface area contributed by atoms with Crippen LogP contribution in [-0.4, -0.2) is 22.9 Å². The molecule has 4 nitrogen and oxygen atoms in total. The lowest BCUT2D eigenvalue weighted by Crippen LogP contribution is -2.36. The molecule has 1 amide bonds. The van der Waals surface area contributed by atoms with Crippen LogP contribution in [0.4, 0.5) is 0 Å². The Morgan fingerprint density at radius 2 is 1.95 bits per heavy atom. The van der Waals surface area contributed by atoms with Crippen LogP contribution in [0.5, 0.6) is 0 Å². The van der Waals surface area contributed by atoms with Crippen molar-refractivity contribution in [3.8, 4) is 6.07 Å². The summed E-state index contributed by atoms with van der Waals surface area (Å²) in [6.45, 7) is 7.26. The highest BCUT2D eigenvalue weighted by Gasteiger charge is 2.17. The molecular formula is C17H25N3O. The van der Waals surface area contributed by atoms with Crippen LogP contribution in [0.2, 0.25) is 0 Å². The topological polar surface area (TPSA) is 70.1 Å². The SMILES string of the molecule is CCCN(Cc1ccc(C#N)cc1)C(=O)CCC(C)(C)N. The number of carbonyl (C=O) groups excluding carboxylic acids is 1. The van der Waals surface area contributed by atoms with Gasteiger partial charge in [0.05, 0.1) is 11.6 Å². The summed E-state index contributed by atoms with van der Waals surface area (Å²) in [4.78, 5) is 14.2. The molecule has 0 unspecified atom stereocenters. The Balaban J connectivity index is 2.67. The fourth-order valence-corrected chi connectivity index (χ4v) is 2.05. The lowest BCUT2D eigenvalue weighted by Gasteiger charge is -2.25. The normalized spacial score (nSPS) is 11.0. The minimum Gasteiger partial charge on any atom is -0.338 e. The van der Waals surface area contributed by atoms with Gasteiger partial charge in [0.25, 0.3) is 0 Å².